The van der Waals surface area contributed by atoms with Gasteiger partial charge in [0.05, 0.1) is 31.0 Å². The molecule has 0 spiro atoms. The molecule has 0 saturated carbocycles. The number of nitrogens with zero attached hydrogens (tertiary/aromatic N) is 5. The molecule has 2 amide bonds. The van der Waals surface area contributed by atoms with Crippen molar-refractivity contribution in [3.05, 3.63) is 54.0 Å². The molecule has 1 aromatic carbocycles. The van der Waals surface area contributed by atoms with Gasteiger partial charge in [-0.25, -0.2) is 5.06 Å². The normalized spacial score (nSPS) is 19.4. The number of carbonyl (C=O) groups is 2. The zero-order valence-corrected chi connectivity index (χ0v) is 16.3. The van der Waals surface area contributed by atoms with Crippen LogP contribution >= 0.6 is 0 Å². The maximum absolute atomic E-state index is 13.4. The van der Waals surface area contributed by atoms with E-state index in [9.17, 15) is 9.59 Å². The molecule has 2 aliphatic rings. The van der Waals surface area contributed by atoms with Crippen LogP contribution in [0.15, 0.2) is 42.7 Å². The topological polar surface area (TPSA) is 72.6 Å². The summed E-state index contributed by atoms with van der Waals surface area (Å²) in [4.78, 5) is 33.9. The molecule has 2 aliphatic heterocycles. The highest BCUT2D eigenvalue weighted by atomic mass is 16.7. The van der Waals surface area contributed by atoms with Crippen LogP contribution in [0.3, 0.4) is 0 Å². The third-order valence-electron chi connectivity index (χ3n) is 5.74. The molecule has 0 N–H and O–H groups in total. The number of para-hydroxylation sites is 1. The van der Waals surface area contributed by atoms with Crippen molar-refractivity contribution in [1.82, 2.24) is 24.3 Å². The molecule has 0 unspecified atom stereocenters. The Balaban J connectivity index is 1.47. The van der Waals surface area contributed by atoms with Gasteiger partial charge in [-0.3, -0.25) is 19.1 Å². The van der Waals surface area contributed by atoms with Crippen LogP contribution in [-0.2, 0) is 23.2 Å². The molecule has 3 aromatic rings. The minimum atomic E-state index is -0.578. The van der Waals surface area contributed by atoms with E-state index in [4.69, 9.17) is 4.84 Å². The smallest absolute Gasteiger partial charge is 0.272 e. The van der Waals surface area contributed by atoms with E-state index in [0.717, 1.165) is 29.4 Å². The van der Waals surface area contributed by atoms with E-state index in [0.29, 0.717) is 25.3 Å². The molecule has 1 fully saturated rings. The van der Waals surface area contributed by atoms with Crippen LogP contribution < -0.4 is 0 Å². The molecule has 8 heteroatoms. The van der Waals surface area contributed by atoms with Gasteiger partial charge in [0, 0.05) is 36.9 Å². The van der Waals surface area contributed by atoms with E-state index in [-0.39, 0.29) is 18.4 Å². The highest BCUT2D eigenvalue weighted by Crippen LogP contribution is 2.27. The number of hydrogen-bond donors (Lipinski definition) is 0. The number of hydroxylamine groups is 2. The predicted octanol–water partition coefficient (Wildman–Crippen LogP) is 2.13. The van der Waals surface area contributed by atoms with E-state index in [1.807, 2.05) is 48.1 Å². The van der Waals surface area contributed by atoms with Gasteiger partial charge in [0.2, 0.25) is 0 Å². The van der Waals surface area contributed by atoms with Gasteiger partial charge < -0.3 is 9.47 Å². The number of aryl methyl sites for hydroxylation is 1. The molecule has 4 heterocycles. The van der Waals surface area contributed by atoms with Crippen LogP contribution in [-0.4, -0.2) is 55.8 Å². The van der Waals surface area contributed by atoms with E-state index in [1.54, 1.807) is 15.8 Å². The number of carbonyl (C=O) groups excluding carboxylic acids is 2. The van der Waals surface area contributed by atoms with Gasteiger partial charge in [-0.2, -0.15) is 5.10 Å². The summed E-state index contributed by atoms with van der Waals surface area (Å²) in [6.45, 7) is 1.81. The van der Waals surface area contributed by atoms with E-state index in [2.05, 4.69) is 5.10 Å². The SMILES string of the molecule is Cn1cc(C(=O)N2Cc3ccnn3[C@H](C(=O)N3CCCCO3)C2)c2ccccc21. The molecule has 0 bridgehead atoms. The third kappa shape index (κ3) is 3.00. The van der Waals surface area contributed by atoms with Crippen LogP contribution in [0, 0.1) is 0 Å². The Morgan fingerprint density at radius 3 is 2.86 bits per heavy atom. The van der Waals surface area contributed by atoms with Crippen molar-refractivity contribution < 1.29 is 14.4 Å². The minimum Gasteiger partial charge on any atom is -0.350 e. The average Bonchev–Trinajstić information content (AvgIpc) is 3.37. The van der Waals surface area contributed by atoms with Gasteiger partial charge >= 0.3 is 0 Å². The third-order valence-corrected chi connectivity index (χ3v) is 5.74. The second-order valence-corrected chi connectivity index (χ2v) is 7.62. The van der Waals surface area contributed by atoms with Crippen molar-refractivity contribution in [1.29, 1.82) is 0 Å². The molecular weight excluding hydrogens is 370 g/mol. The molecule has 1 atom stereocenters. The van der Waals surface area contributed by atoms with Crippen molar-refractivity contribution in [2.24, 2.45) is 7.05 Å². The Bertz CT molecular complexity index is 1080. The monoisotopic (exact) mass is 393 g/mol. The number of benzene rings is 1. The summed E-state index contributed by atoms with van der Waals surface area (Å²) in [5.74, 6) is -0.225. The quantitative estimate of drug-likeness (QED) is 0.669. The first-order valence-electron chi connectivity index (χ1n) is 9.93. The average molecular weight is 393 g/mol. The van der Waals surface area contributed by atoms with Crippen LogP contribution in [0.1, 0.15) is 34.9 Å². The molecule has 5 rings (SSSR count). The Morgan fingerprint density at radius 1 is 1.17 bits per heavy atom. The number of amides is 2. The van der Waals surface area contributed by atoms with Gasteiger partial charge in [-0.05, 0) is 25.0 Å². The van der Waals surface area contributed by atoms with Gasteiger partial charge in [0.1, 0.15) is 0 Å². The zero-order valence-electron chi connectivity index (χ0n) is 16.3. The summed E-state index contributed by atoms with van der Waals surface area (Å²) in [6, 6.07) is 9.14. The molecule has 150 valence electrons. The maximum Gasteiger partial charge on any atom is 0.272 e. The second-order valence-electron chi connectivity index (χ2n) is 7.62. The Labute approximate surface area is 168 Å². The summed E-state index contributed by atoms with van der Waals surface area (Å²) in [6.07, 6.45) is 5.41. The first kappa shape index (κ1) is 17.9. The van der Waals surface area contributed by atoms with Gasteiger partial charge in [-0.15, -0.1) is 0 Å². The Kier molecular flexibility index (Phi) is 4.35. The fraction of sp³-hybridized carbons (Fsp3) is 0.381. The lowest BCUT2D eigenvalue weighted by Gasteiger charge is -2.36. The summed E-state index contributed by atoms with van der Waals surface area (Å²) in [5, 5.41) is 6.70. The van der Waals surface area contributed by atoms with E-state index in [1.165, 1.54) is 5.06 Å². The fourth-order valence-electron chi connectivity index (χ4n) is 4.25. The summed E-state index contributed by atoms with van der Waals surface area (Å²) < 4.78 is 3.69. The predicted molar refractivity (Wildman–Crippen MR) is 106 cm³/mol. The molecule has 29 heavy (non-hydrogen) atoms. The first-order chi connectivity index (χ1) is 14.1. The molecule has 8 nitrogen and oxygen atoms in total. The molecule has 2 aromatic heterocycles. The summed E-state index contributed by atoms with van der Waals surface area (Å²) in [5.41, 5.74) is 2.50. The molecular formula is C21H23N5O3. The highest BCUT2D eigenvalue weighted by molar-refractivity contribution is 6.07. The lowest BCUT2D eigenvalue weighted by atomic mass is 10.1. The summed E-state index contributed by atoms with van der Waals surface area (Å²) in [7, 11) is 1.93. The minimum absolute atomic E-state index is 0.0772. The Hall–Kier alpha value is -3.13. The second kappa shape index (κ2) is 7.04. The highest BCUT2D eigenvalue weighted by Gasteiger charge is 2.37. The van der Waals surface area contributed by atoms with Crippen molar-refractivity contribution in [3.8, 4) is 0 Å². The van der Waals surface area contributed by atoms with E-state index < -0.39 is 6.04 Å². The lowest BCUT2D eigenvalue weighted by molar-refractivity contribution is -0.201. The van der Waals surface area contributed by atoms with Crippen LogP contribution in [0.4, 0.5) is 0 Å². The van der Waals surface area contributed by atoms with Gasteiger partial charge in [-0.1, -0.05) is 18.2 Å². The molecule has 0 aliphatic carbocycles. The molecule has 0 radical (unpaired) electrons. The van der Waals surface area contributed by atoms with Crippen LogP contribution in [0.2, 0.25) is 0 Å². The number of hydrogen-bond acceptors (Lipinski definition) is 4. The van der Waals surface area contributed by atoms with Crippen molar-refractivity contribution in [2.45, 2.75) is 25.4 Å². The van der Waals surface area contributed by atoms with Crippen molar-refractivity contribution >= 4 is 22.7 Å². The zero-order chi connectivity index (χ0) is 20.0. The van der Waals surface area contributed by atoms with Crippen LogP contribution in [0.5, 0.6) is 0 Å². The van der Waals surface area contributed by atoms with E-state index >= 15 is 0 Å². The lowest BCUT2D eigenvalue weighted by Crippen LogP contribution is -2.49. The number of fused-ring (bicyclic) bond motifs is 2. The van der Waals surface area contributed by atoms with Crippen molar-refractivity contribution in [3.63, 3.8) is 0 Å². The maximum atomic E-state index is 13.4. The standard InChI is InChI=1S/C21H23N5O3/c1-23-13-17(16-6-2-3-7-18(16)23)20(27)24-12-15-8-9-22-26(15)19(14-24)21(28)25-10-4-5-11-29-25/h2-3,6-9,13,19H,4-5,10-12,14H2,1H3/t19-/m0/s1. The van der Waals surface area contributed by atoms with Gasteiger partial charge in [0.15, 0.2) is 6.04 Å². The Morgan fingerprint density at radius 2 is 2.03 bits per heavy atom. The number of rotatable bonds is 2. The number of aromatic nitrogens is 3. The molecule has 1 saturated heterocycles. The van der Waals surface area contributed by atoms with Crippen molar-refractivity contribution in [2.75, 3.05) is 19.7 Å². The first-order valence-corrected chi connectivity index (χ1v) is 9.93. The summed E-state index contributed by atoms with van der Waals surface area (Å²) >= 11 is 0. The van der Waals surface area contributed by atoms with Crippen LogP contribution in [0.25, 0.3) is 10.9 Å². The fourth-order valence-corrected chi connectivity index (χ4v) is 4.25. The van der Waals surface area contributed by atoms with Gasteiger partial charge in [0.25, 0.3) is 11.8 Å². The largest absolute Gasteiger partial charge is 0.350 e.